The van der Waals surface area contributed by atoms with Crippen molar-refractivity contribution in [1.82, 2.24) is 29.5 Å². The molecule has 2 aromatic rings. The zero-order chi connectivity index (χ0) is 19.0. The van der Waals surface area contributed by atoms with E-state index in [4.69, 9.17) is 4.98 Å². The monoisotopic (exact) mass is 370 g/mol. The summed E-state index contributed by atoms with van der Waals surface area (Å²) in [5.74, 6) is 0.683. The number of nitrogens with zero attached hydrogens (tertiary/aromatic N) is 5. The summed E-state index contributed by atoms with van der Waals surface area (Å²) in [5, 5.41) is 4.50. The van der Waals surface area contributed by atoms with Crippen molar-refractivity contribution >= 4 is 0 Å². The molecule has 0 atom stereocenters. The molecule has 0 aromatic carbocycles. The van der Waals surface area contributed by atoms with Crippen LogP contribution < -0.4 is 0 Å². The Hall–Kier alpha value is -1.66. The fraction of sp³-hybridized carbons (Fsp3) is 0.714. The molecule has 2 aliphatic rings. The second-order valence-electron chi connectivity index (χ2n) is 9.05. The normalized spacial score (nSPS) is 20.7. The van der Waals surface area contributed by atoms with Gasteiger partial charge in [-0.25, -0.2) is 4.98 Å². The molecule has 4 heterocycles. The van der Waals surface area contributed by atoms with Crippen molar-refractivity contribution in [3.63, 3.8) is 0 Å². The summed E-state index contributed by atoms with van der Waals surface area (Å²) in [5.41, 5.74) is 4.13. The lowest BCUT2D eigenvalue weighted by Crippen LogP contribution is -2.57. The van der Waals surface area contributed by atoms with Crippen molar-refractivity contribution in [2.24, 2.45) is 5.92 Å². The molecule has 1 fully saturated rings. The lowest BCUT2D eigenvalue weighted by atomic mass is 9.78. The molecule has 1 saturated heterocycles. The van der Waals surface area contributed by atoms with Gasteiger partial charge in [0.15, 0.2) is 0 Å². The Morgan fingerprint density at radius 3 is 2.59 bits per heavy atom. The molecular weight excluding hydrogens is 336 g/mol. The summed E-state index contributed by atoms with van der Waals surface area (Å²) in [4.78, 5) is 13.5. The van der Waals surface area contributed by atoms with E-state index in [0.29, 0.717) is 12.0 Å². The summed E-state index contributed by atoms with van der Waals surface area (Å²) in [6.45, 7) is 14.6. The molecule has 6 heteroatoms. The van der Waals surface area contributed by atoms with Crippen LogP contribution in [-0.2, 0) is 18.5 Å². The Morgan fingerprint density at radius 2 is 1.93 bits per heavy atom. The van der Waals surface area contributed by atoms with Gasteiger partial charge in [0.2, 0.25) is 0 Å². The number of hydrogen-bond donors (Lipinski definition) is 1. The third kappa shape index (κ3) is 3.57. The van der Waals surface area contributed by atoms with E-state index in [9.17, 15) is 0 Å². The molecule has 2 aromatic heterocycles. The lowest BCUT2D eigenvalue weighted by molar-refractivity contribution is -0.00356. The predicted molar refractivity (Wildman–Crippen MR) is 108 cm³/mol. The second-order valence-corrected chi connectivity index (χ2v) is 9.05. The van der Waals surface area contributed by atoms with Crippen molar-refractivity contribution in [1.29, 1.82) is 0 Å². The van der Waals surface area contributed by atoms with Crippen molar-refractivity contribution < 1.29 is 0 Å². The molecule has 0 unspecified atom stereocenters. The van der Waals surface area contributed by atoms with Crippen LogP contribution in [-0.4, -0.2) is 55.7 Å². The van der Waals surface area contributed by atoms with E-state index in [0.717, 1.165) is 52.0 Å². The summed E-state index contributed by atoms with van der Waals surface area (Å²) < 4.78 is 2.06. The van der Waals surface area contributed by atoms with Crippen LogP contribution in [0.1, 0.15) is 63.5 Å². The van der Waals surface area contributed by atoms with Crippen LogP contribution in [0.15, 0.2) is 18.7 Å². The van der Waals surface area contributed by atoms with Gasteiger partial charge in [0.1, 0.15) is 0 Å². The lowest BCUT2D eigenvalue weighted by Gasteiger charge is -2.51. The zero-order valence-electron chi connectivity index (χ0n) is 17.3. The summed E-state index contributed by atoms with van der Waals surface area (Å²) in [6.07, 6.45) is 9.56. The quantitative estimate of drug-likeness (QED) is 0.878. The van der Waals surface area contributed by atoms with Crippen LogP contribution >= 0.6 is 0 Å². The van der Waals surface area contributed by atoms with Gasteiger partial charge in [-0.1, -0.05) is 13.8 Å². The van der Waals surface area contributed by atoms with Crippen LogP contribution in [0.3, 0.4) is 0 Å². The smallest absolute Gasteiger partial charge is 0.0926 e. The first-order chi connectivity index (χ1) is 13.0. The Balaban J connectivity index is 1.48. The van der Waals surface area contributed by atoms with Crippen LogP contribution in [0.4, 0.5) is 0 Å². The van der Waals surface area contributed by atoms with Gasteiger partial charge in [-0.3, -0.25) is 14.5 Å². The highest BCUT2D eigenvalue weighted by Crippen LogP contribution is 2.42. The summed E-state index contributed by atoms with van der Waals surface area (Å²) in [6, 6.07) is 0.424. The highest BCUT2D eigenvalue weighted by Gasteiger charge is 2.46. The number of nitrogens with one attached hydrogen (secondary N) is 1. The number of fused-ring (bicyclic) bond motifs is 2. The zero-order valence-corrected chi connectivity index (χ0v) is 17.3. The van der Waals surface area contributed by atoms with E-state index >= 15 is 0 Å². The Bertz CT molecular complexity index is 750. The van der Waals surface area contributed by atoms with Gasteiger partial charge in [-0.15, -0.1) is 0 Å². The van der Waals surface area contributed by atoms with Crippen molar-refractivity contribution in [3.05, 3.63) is 35.7 Å². The minimum Gasteiger partial charge on any atom is -0.348 e. The van der Waals surface area contributed by atoms with Gasteiger partial charge >= 0.3 is 0 Å². The molecule has 0 bridgehead atoms. The maximum Gasteiger partial charge on any atom is 0.0926 e. The molecule has 0 aliphatic carbocycles. The number of aromatic nitrogens is 4. The Labute approximate surface area is 163 Å². The van der Waals surface area contributed by atoms with Crippen LogP contribution in [0.5, 0.6) is 0 Å². The molecular formula is C21H34N6. The number of hydrogen-bond acceptors (Lipinski definition) is 4. The van der Waals surface area contributed by atoms with E-state index < -0.39 is 0 Å². The highest BCUT2D eigenvalue weighted by molar-refractivity contribution is 5.27. The maximum absolute atomic E-state index is 4.79. The number of H-pyrrole nitrogens is 1. The molecule has 148 valence electrons. The second kappa shape index (κ2) is 7.40. The van der Waals surface area contributed by atoms with E-state index in [2.05, 4.69) is 58.5 Å². The Kier molecular flexibility index (Phi) is 5.12. The fourth-order valence-corrected chi connectivity index (χ4v) is 4.86. The fourth-order valence-electron chi connectivity index (χ4n) is 4.86. The molecule has 0 amide bonds. The third-order valence-corrected chi connectivity index (χ3v) is 6.26. The maximum atomic E-state index is 4.79. The standard InChI is InChI=1S/C21H34N6/c1-16(2)12-26-8-5-19-20(23-15-22-19)21(26)6-9-25(10-7-21)13-18-11-24-27(14-18)17(3)4/h11,14-17H,5-10,12-13H2,1-4H3,(H,22,23). The summed E-state index contributed by atoms with van der Waals surface area (Å²) >= 11 is 0. The minimum atomic E-state index is 0.121. The number of likely N-dealkylation sites (tertiary alicyclic amines) is 1. The van der Waals surface area contributed by atoms with E-state index in [1.807, 2.05) is 12.5 Å². The SMILES string of the molecule is CC(C)CN1CCc2[nH]cnc2C12CCN(Cc1cnn(C(C)C)c1)CC2. The number of piperidine rings is 1. The van der Waals surface area contributed by atoms with E-state index in [1.165, 1.54) is 17.0 Å². The van der Waals surface area contributed by atoms with Crippen molar-refractivity contribution in [2.45, 2.75) is 65.1 Å². The first-order valence-electron chi connectivity index (χ1n) is 10.5. The third-order valence-electron chi connectivity index (χ3n) is 6.26. The topological polar surface area (TPSA) is 53.0 Å². The molecule has 4 rings (SSSR count). The highest BCUT2D eigenvalue weighted by atomic mass is 15.3. The number of imidazole rings is 1. The molecule has 6 nitrogen and oxygen atoms in total. The van der Waals surface area contributed by atoms with E-state index in [-0.39, 0.29) is 5.54 Å². The van der Waals surface area contributed by atoms with E-state index in [1.54, 1.807) is 0 Å². The van der Waals surface area contributed by atoms with Gasteiger partial charge in [0, 0.05) is 62.6 Å². The van der Waals surface area contributed by atoms with Crippen molar-refractivity contribution in [2.75, 3.05) is 26.2 Å². The van der Waals surface area contributed by atoms with Gasteiger partial charge in [0.25, 0.3) is 0 Å². The Morgan fingerprint density at radius 1 is 1.15 bits per heavy atom. The molecule has 1 N–H and O–H groups in total. The van der Waals surface area contributed by atoms with Gasteiger partial charge < -0.3 is 4.98 Å². The largest absolute Gasteiger partial charge is 0.348 e. The first-order valence-corrected chi connectivity index (χ1v) is 10.5. The molecule has 1 spiro atoms. The molecule has 0 saturated carbocycles. The number of rotatable bonds is 5. The number of aromatic amines is 1. The van der Waals surface area contributed by atoms with Gasteiger partial charge in [0.05, 0.1) is 23.8 Å². The summed E-state index contributed by atoms with van der Waals surface area (Å²) in [7, 11) is 0. The predicted octanol–water partition coefficient (Wildman–Crippen LogP) is 3.19. The van der Waals surface area contributed by atoms with Crippen molar-refractivity contribution in [3.8, 4) is 0 Å². The van der Waals surface area contributed by atoms with Gasteiger partial charge in [-0.05, 0) is 32.6 Å². The van der Waals surface area contributed by atoms with Crippen LogP contribution in [0.2, 0.25) is 0 Å². The molecule has 2 aliphatic heterocycles. The minimum absolute atomic E-state index is 0.121. The van der Waals surface area contributed by atoms with Gasteiger partial charge in [-0.2, -0.15) is 5.10 Å². The molecule has 0 radical (unpaired) electrons. The average molecular weight is 371 g/mol. The average Bonchev–Trinajstić information content (AvgIpc) is 3.29. The van der Waals surface area contributed by atoms with Crippen LogP contribution in [0.25, 0.3) is 0 Å². The van der Waals surface area contributed by atoms with Crippen LogP contribution in [0, 0.1) is 5.92 Å². The first kappa shape index (κ1) is 18.7. The molecule has 27 heavy (non-hydrogen) atoms.